The molecule has 1 N–H and O–H groups in total. The van der Waals surface area contributed by atoms with E-state index in [2.05, 4.69) is 31.0 Å². The second-order valence-corrected chi connectivity index (χ2v) is 5.04. The summed E-state index contributed by atoms with van der Waals surface area (Å²) >= 11 is 5.23. The Bertz CT molecular complexity index is 201. The molecule has 2 nitrogen and oxygen atoms in total. The van der Waals surface area contributed by atoms with Gasteiger partial charge in [-0.1, -0.05) is 20.8 Å². The summed E-state index contributed by atoms with van der Waals surface area (Å²) in [4.78, 5) is 2.27. The Balaban J connectivity index is 2.60. The van der Waals surface area contributed by atoms with Crippen LogP contribution in [0, 0.1) is 11.3 Å². The third-order valence-electron chi connectivity index (χ3n) is 3.27. The Labute approximate surface area is 86.7 Å². The fourth-order valence-electron chi connectivity index (χ4n) is 1.80. The van der Waals surface area contributed by atoms with Crippen LogP contribution in [0.1, 0.15) is 27.2 Å². The molecule has 13 heavy (non-hydrogen) atoms. The molecule has 3 heteroatoms. The van der Waals surface area contributed by atoms with Gasteiger partial charge in [0.15, 0.2) is 5.11 Å². The first kappa shape index (κ1) is 10.8. The van der Waals surface area contributed by atoms with E-state index in [1.807, 2.05) is 7.05 Å². The number of nitrogens with one attached hydrogen (secondary N) is 1. The molecule has 1 atom stereocenters. The summed E-state index contributed by atoms with van der Waals surface area (Å²) < 4.78 is 0. The van der Waals surface area contributed by atoms with E-state index in [1.165, 1.54) is 6.42 Å². The Morgan fingerprint density at radius 3 is 2.62 bits per heavy atom. The lowest BCUT2D eigenvalue weighted by molar-refractivity contribution is 0.109. The van der Waals surface area contributed by atoms with E-state index < -0.39 is 0 Å². The molecule has 0 aromatic rings. The molecule has 76 valence electrons. The predicted octanol–water partition coefficient (Wildman–Crippen LogP) is 1.86. The van der Waals surface area contributed by atoms with Crippen LogP contribution >= 0.6 is 12.2 Å². The zero-order valence-corrected chi connectivity index (χ0v) is 9.87. The minimum Gasteiger partial charge on any atom is -0.366 e. The van der Waals surface area contributed by atoms with E-state index in [0.717, 1.165) is 24.1 Å². The highest BCUT2D eigenvalue weighted by molar-refractivity contribution is 7.80. The normalized spacial score (nSPS) is 27.1. The Morgan fingerprint density at radius 2 is 2.15 bits per heavy atom. The molecule has 1 fully saturated rings. The smallest absolute Gasteiger partial charge is 0.168 e. The van der Waals surface area contributed by atoms with Crippen molar-refractivity contribution in [3.63, 3.8) is 0 Å². The lowest BCUT2D eigenvalue weighted by Gasteiger charge is -2.43. The highest BCUT2D eigenvalue weighted by Gasteiger charge is 2.33. The molecule has 1 saturated heterocycles. The maximum atomic E-state index is 5.23. The van der Waals surface area contributed by atoms with Gasteiger partial charge in [0.2, 0.25) is 0 Å². The van der Waals surface area contributed by atoms with Gasteiger partial charge >= 0.3 is 0 Å². The van der Waals surface area contributed by atoms with E-state index in [1.54, 1.807) is 0 Å². The van der Waals surface area contributed by atoms with Crippen LogP contribution in [0.5, 0.6) is 0 Å². The molecule has 0 aliphatic carbocycles. The van der Waals surface area contributed by atoms with Crippen LogP contribution in [0.25, 0.3) is 0 Å². The van der Waals surface area contributed by atoms with Crippen molar-refractivity contribution in [1.29, 1.82) is 0 Å². The summed E-state index contributed by atoms with van der Waals surface area (Å²) in [6.45, 7) is 9.15. The van der Waals surface area contributed by atoms with Crippen molar-refractivity contribution >= 4 is 17.3 Å². The number of rotatable bonds is 0. The molecule has 0 bridgehead atoms. The van der Waals surface area contributed by atoms with Crippen LogP contribution in [0.4, 0.5) is 0 Å². The maximum Gasteiger partial charge on any atom is 0.168 e. The zero-order valence-electron chi connectivity index (χ0n) is 9.05. The number of piperidine rings is 1. The van der Waals surface area contributed by atoms with E-state index in [4.69, 9.17) is 12.2 Å². The van der Waals surface area contributed by atoms with Crippen LogP contribution < -0.4 is 5.32 Å². The summed E-state index contributed by atoms with van der Waals surface area (Å²) in [5.74, 6) is 0.795. The number of nitrogens with zero attached hydrogens (tertiary/aromatic N) is 1. The minimum atomic E-state index is 0.388. The van der Waals surface area contributed by atoms with Crippen LogP contribution in [0.3, 0.4) is 0 Å². The molecule has 1 aliphatic heterocycles. The number of thiocarbonyl (C=S) groups is 1. The van der Waals surface area contributed by atoms with Gasteiger partial charge in [0.1, 0.15) is 0 Å². The first-order valence-corrected chi connectivity index (χ1v) is 5.35. The highest BCUT2D eigenvalue weighted by Crippen LogP contribution is 2.34. The Hall–Kier alpha value is -0.310. The van der Waals surface area contributed by atoms with E-state index >= 15 is 0 Å². The van der Waals surface area contributed by atoms with Gasteiger partial charge in [0.25, 0.3) is 0 Å². The largest absolute Gasteiger partial charge is 0.366 e. The molecule has 0 saturated carbocycles. The number of hydrogen-bond acceptors (Lipinski definition) is 1. The van der Waals surface area contributed by atoms with Gasteiger partial charge in [-0.15, -0.1) is 0 Å². The topological polar surface area (TPSA) is 15.3 Å². The van der Waals surface area contributed by atoms with E-state index in [-0.39, 0.29) is 0 Å². The van der Waals surface area contributed by atoms with Crippen molar-refractivity contribution in [3.8, 4) is 0 Å². The van der Waals surface area contributed by atoms with Crippen LogP contribution in [0.15, 0.2) is 0 Å². The van der Waals surface area contributed by atoms with E-state index in [0.29, 0.717) is 5.41 Å². The van der Waals surface area contributed by atoms with Crippen molar-refractivity contribution in [2.75, 3.05) is 20.1 Å². The molecule has 1 unspecified atom stereocenters. The van der Waals surface area contributed by atoms with Crippen molar-refractivity contribution in [2.45, 2.75) is 27.2 Å². The van der Waals surface area contributed by atoms with Gasteiger partial charge in [-0.05, 0) is 30.0 Å². The van der Waals surface area contributed by atoms with Gasteiger partial charge in [-0.25, -0.2) is 0 Å². The minimum absolute atomic E-state index is 0.388. The molecule has 1 heterocycles. The Morgan fingerprint density at radius 1 is 1.54 bits per heavy atom. The first-order chi connectivity index (χ1) is 5.97. The maximum absolute atomic E-state index is 5.23. The van der Waals surface area contributed by atoms with Gasteiger partial charge in [-0.2, -0.15) is 0 Å². The van der Waals surface area contributed by atoms with Gasteiger partial charge in [0, 0.05) is 20.1 Å². The third kappa shape index (κ3) is 2.33. The molecule has 0 amide bonds. The average molecular weight is 200 g/mol. The molecule has 0 spiro atoms. The number of likely N-dealkylation sites (tertiary alicyclic amines) is 1. The summed E-state index contributed by atoms with van der Waals surface area (Å²) in [7, 11) is 1.90. The zero-order chi connectivity index (χ0) is 10.1. The summed E-state index contributed by atoms with van der Waals surface area (Å²) in [5.41, 5.74) is 0.388. The van der Waals surface area contributed by atoms with Crippen molar-refractivity contribution in [3.05, 3.63) is 0 Å². The van der Waals surface area contributed by atoms with Crippen LogP contribution in [0.2, 0.25) is 0 Å². The lowest BCUT2D eigenvalue weighted by atomic mass is 9.75. The van der Waals surface area contributed by atoms with Crippen molar-refractivity contribution in [1.82, 2.24) is 10.2 Å². The number of hydrogen-bond donors (Lipinski definition) is 1. The molecular weight excluding hydrogens is 180 g/mol. The quantitative estimate of drug-likeness (QED) is 0.601. The molecule has 0 aromatic carbocycles. The van der Waals surface area contributed by atoms with Gasteiger partial charge in [-0.3, -0.25) is 0 Å². The standard InChI is InChI=1S/C10H20N2S/c1-8-5-6-12(9(13)11-4)7-10(8,2)3/h8H,5-7H2,1-4H3,(H,11,13). The first-order valence-electron chi connectivity index (χ1n) is 4.94. The molecule has 1 aliphatic rings. The summed E-state index contributed by atoms with van der Waals surface area (Å²) in [5, 5.41) is 3.93. The van der Waals surface area contributed by atoms with Gasteiger partial charge < -0.3 is 10.2 Å². The fraction of sp³-hybridized carbons (Fsp3) is 0.900. The van der Waals surface area contributed by atoms with Crippen LogP contribution in [-0.4, -0.2) is 30.1 Å². The monoisotopic (exact) mass is 200 g/mol. The summed E-state index contributed by atoms with van der Waals surface area (Å²) in [6, 6.07) is 0. The third-order valence-corrected chi connectivity index (χ3v) is 3.73. The lowest BCUT2D eigenvalue weighted by Crippen LogP contribution is -2.50. The van der Waals surface area contributed by atoms with Crippen LogP contribution in [-0.2, 0) is 0 Å². The van der Waals surface area contributed by atoms with Gasteiger partial charge in [0.05, 0.1) is 0 Å². The van der Waals surface area contributed by atoms with E-state index in [9.17, 15) is 0 Å². The van der Waals surface area contributed by atoms with Crippen molar-refractivity contribution < 1.29 is 0 Å². The molecule has 1 rings (SSSR count). The highest BCUT2D eigenvalue weighted by atomic mass is 32.1. The second kappa shape index (κ2) is 3.82. The predicted molar refractivity (Wildman–Crippen MR) is 60.8 cm³/mol. The van der Waals surface area contributed by atoms with Crippen molar-refractivity contribution in [2.24, 2.45) is 11.3 Å². The Kier molecular flexibility index (Phi) is 3.17. The molecular formula is C10H20N2S. The SMILES string of the molecule is CNC(=S)N1CCC(C)C(C)(C)C1. The second-order valence-electron chi connectivity index (χ2n) is 4.66. The fourth-order valence-corrected chi connectivity index (χ4v) is 1.95. The summed E-state index contributed by atoms with van der Waals surface area (Å²) in [6.07, 6.45) is 1.24. The molecule has 0 aromatic heterocycles. The average Bonchev–Trinajstić information content (AvgIpc) is 2.08. The molecule has 0 radical (unpaired) electrons.